The maximum absolute atomic E-state index is 14.0. The van der Waals surface area contributed by atoms with Crippen LogP contribution in [0.5, 0.6) is 0 Å². The zero-order valence-corrected chi connectivity index (χ0v) is 26.7. The van der Waals surface area contributed by atoms with E-state index < -0.39 is 5.60 Å². The number of carbonyl (C=O) groups excluding carboxylic acids is 1. The number of para-hydroxylation sites is 2. The average Bonchev–Trinajstić information content (AvgIpc) is 3.21. The lowest BCUT2D eigenvalue weighted by atomic mass is 9.65. The van der Waals surface area contributed by atoms with Gasteiger partial charge < -0.3 is 14.4 Å². The van der Waals surface area contributed by atoms with Gasteiger partial charge in [0.1, 0.15) is 18.0 Å². The van der Waals surface area contributed by atoms with Gasteiger partial charge in [-0.25, -0.2) is 14.0 Å². The molecule has 4 rings (SSSR count). The van der Waals surface area contributed by atoms with Crippen molar-refractivity contribution in [1.82, 2.24) is 14.0 Å². The monoisotopic (exact) mass is 603 g/mol. The molecule has 0 bridgehead atoms. The summed E-state index contributed by atoms with van der Waals surface area (Å²) in [4.78, 5) is 28.2. The highest BCUT2D eigenvalue weighted by Crippen LogP contribution is 2.48. The molecule has 9 heteroatoms. The second-order valence-electron chi connectivity index (χ2n) is 12.2. The normalized spacial score (nSPS) is 18.5. The highest BCUT2D eigenvalue weighted by molar-refractivity contribution is 5.85. The molecule has 1 aliphatic rings. The van der Waals surface area contributed by atoms with Crippen molar-refractivity contribution in [2.24, 2.45) is 5.92 Å². The third kappa shape index (κ3) is 7.26. The summed E-state index contributed by atoms with van der Waals surface area (Å²) in [7, 11) is 3.59. The quantitative estimate of drug-likeness (QED) is 0.168. The number of benzene rings is 2. The van der Waals surface area contributed by atoms with Crippen LogP contribution in [-0.2, 0) is 27.2 Å². The lowest BCUT2D eigenvalue weighted by molar-refractivity contribution is -0.172. The van der Waals surface area contributed by atoms with Crippen molar-refractivity contribution in [3.63, 3.8) is 0 Å². The Balaban J connectivity index is 0.00000484. The van der Waals surface area contributed by atoms with Crippen molar-refractivity contribution < 1.29 is 18.7 Å². The van der Waals surface area contributed by atoms with Crippen LogP contribution in [0.2, 0.25) is 0 Å². The molecule has 1 aromatic heterocycles. The topological polar surface area (TPSA) is 65.7 Å². The predicted octanol–water partition coefficient (Wildman–Crippen LogP) is 6.36. The van der Waals surface area contributed by atoms with Gasteiger partial charge in [-0.1, -0.05) is 32.0 Å². The maximum Gasteiger partial charge on any atom is 0.332 e. The Kier molecular flexibility index (Phi) is 11.8. The molecule has 0 fully saturated rings. The first-order valence-corrected chi connectivity index (χ1v) is 15.0. The van der Waals surface area contributed by atoms with E-state index in [-0.39, 0.29) is 54.4 Å². The Bertz CT molecular complexity index is 1400. The molecule has 2 atom stereocenters. The Morgan fingerprint density at radius 1 is 1.10 bits per heavy atom. The lowest BCUT2D eigenvalue weighted by Gasteiger charge is -2.47. The summed E-state index contributed by atoms with van der Waals surface area (Å²) < 4.78 is 29.2. The fourth-order valence-electron chi connectivity index (χ4n) is 6.76. The van der Waals surface area contributed by atoms with Crippen LogP contribution in [0.15, 0.2) is 47.3 Å². The molecule has 232 valence electrons. The third-order valence-electron chi connectivity index (χ3n) is 8.54. The largest absolute Gasteiger partial charge is 0.457 e. The number of hydrogen-bond acceptors (Lipinski definition) is 5. The van der Waals surface area contributed by atoms with E-state index in [0.29, 0.717) is 25.8 Å². The van der Waals surface area contributed by atoms with E-state index in [1.54, 1.807) is 6.07 Å². The highest BCUT2D eigenvalue weighted by Gasteiger charge is 2.47. The van der Waals surface area contributed by atoms with Crippen LogP contribution in [0.1, 0.15) is 76.5 Å². The molecule has 0 aliphatic heterocycles. The van der Waals surface area contributed by atoms with Crippen LogP contribution in [0, 0.1) is 11.7 Å². The first kappa shape index (κ1) is 33.8. The Morgan fingerprint density at radius 3 is 2.48 bits per heavy atom. The molecular formula is C33H47ClFN3O4. The van der Waals surface area contributed by atoms with Crippen molar-refractivity contribution in [3.8, 4) is 0 Å². The lowest BCUT2D eigenvalue weighted by Crippen LogP contribution is -2.49. The van der Waals surface area contributed by atoms with Crippen LogP contribution >= 0.6 is 12.4 Å². The number of unbranched alkanes of at least 4 members (excludes halogenated alkanes) is 1. The van der Waals surface area contributed by atoms with Gasteiger partial charge in [0.2, 0.25) is 0 Å². The molecule has 1 aliphatic carbocycles. The number of hydrogen-bond donors (Lipinski definition) is 0. The van der Waals surface area contributed by atoms with Crippen molar-refractivity contribution in [2.75, 3.05) is 33.9 Å². The number of fused-ring (bicyclic) bond motifs is 2. The summed E-state index contributed by atoms with van der Waals surface area (Å²) in [6.07, 6.45) is 3.82. The van der Waals surface area contributed by atoms with Crippen LogP contribution in [0.4, 0.5) is 4.39 Å². The van der Waals surface area contributed by atoms with Gasteiger partial charge in [0.05, 0.1) is 11.0 Å². The predicted molar refractivity (Wildman–Crippen MR) is 168 cm³/mol. The first-order valence-electron chi connectivity index (χ1n) is 15.0. The van der Waals surface area contributed by atoms with E-state index in [9.17, 15) is 14.0 Å². The molecule has 3 aromatic rings. The number of ether oxygens (including phenoxy) is 2. The number of esters is 1. The summed E-state index contributed by atoms with van der Waals surface area (Å²) in [6.45, 7) is 10.6. The van der Waals surface area contributed by atoms with E-state index in [1.807, 2.05) is 53.3 Å². The van der Waals surface area contributed by atoms with Gasteiger partial charge in [-0.2, -0.15) is 0 Å². The number of nitrogens with zero attached hydrogens (tertiary/aromatic N) is 3. The van der Waals surface area contributed by atoms with Crippen LogP contribution < -0.4 is 5.69 Å². The van der Waals surface area contributed by atoms with Gasteiger partial charge in [-0.15, -0.1) is 12.4 Å². The van der Waals surface area contributed by atoms with Gasteiger partial charge in [-0.3, -0.25) is 9.13 Å². The number of halogens is 2. The molecule has 7 nitrogen and oxygen atoms in total. The third-order valence-corrected chi connectivity index (χ3v) is 8.54. The zero-order valence-electron chi connectivity index (χ0n) is 25.9. The van der Waals surface area contributed by atoms with Gasteiger partial charge in [0.25, 0.3) is 0 Å². The Morgan fingerprint density at radius 2 is 1.81 bits per heavy atom. The van der Waals surface area contributed by atoms with Crippen molar-refractivity contribution in [2.45, 2.75) is 83.9 Å². The Hall–Kier alpha value is -2.68. The average molecular weight is 604 g/mol. The molecule has 2 aromatic carbocycles. The first-order chi connectivity index (χ1) is 19.6. The number of aryl methyl sites for hydroxylation is 2. The fourth-order valence-corrected chi connectivity index (χ4v) is 6.76. The standard InChI is InChI=1S/C33H46FN3O4.ClH/c1-23(2)31-27-14-13-26(34)21-25(27)15-16-33(31,41-30(38)22-40-6)17-20-35(5)18-9-10-19-36-28-11-7-8-12-29(28)37(24(3)4)32(36)39;/h7-8,11-14,21,23-24,31H,9-10,15-20,22H2,1-6H3;1H/t31-,33-;/m0./s1. The number of carbonyl (C=O) groups is 1. The molecule has 0 radical (unpaired) electrons. The van der Waals surface area contributed by atoms with Crippen LogP contribution in [0.25, 0.3) is 11.0 Å². The second-order valence-corrected chi connectivity index (χ2v) is 12.2. The van der Waals surface area contributed by atoms with Gasteiger partial charge in [0, 0.05) is 38.6 Å². The van der Waals surface area contributed by atoms with Crippen LogP contribution in [-0.4, -0.2) is 59.5 Å². The summed E-state index contributed by atoms with van der Waals surface area (Å²) in [5.74, 6) is -0.430. The maximum atomic E-state index is 14.0. The van der Waals surface area contributed by atoms with Gasteiger partial charge in [0.15, 0.2) is 0 Å². The van der Waals surface area contributed by atoms with Crippen molar-refractivity contribution in [1.29, 1.82) is 0 Å². The minimum Gasteiger partial charge on any atom is -0.457 e. The highest BCUT2D eigenvalue weighted by atomic mass is 35.5. The van der Waals surface area contributed by atoms with Gasteiger partial charge in [-0.05, 0) is 94.4 Å². The van der Waals surface area contributed by atoms with Crippen LogP contribution in [0.3, 0.4) is 0 Å². The molecule has 0 saturated carbocycles. The van der Waals surface area contributed by atoms with Crippen molar-refractivity contribution >= 4 is 29.4 Å². The molecule has 42 heavy (non-hydrogen) atoms. The van der Waals surface area contributed by atoms with E-state index in [4.69, 9.17) is 9.47 Å². The molecule has 1 heterocycles. The molecule has 0 amide bonds. The number of imidazole rings is 1. The number of rotatable bonds is 13. The summed E-state index contributed by atoms with van der Waals surface area (Å²) in [5.41, 5.74) is 3.41. The van der Waals surface area contributed by atoms with E-state index >= 15 is 0 Å². The Labute approximate surface area is 255 Å². The van der Waals surface area contributed by atoms with E-state index in [0.717, 1.165) is 48.1 Å². The summed E-state index contributed by atoms with van der Waals surface area (Å²) >= 11 is 0. The minimum absolute atomic E-state index is 0. The number of aromatic nitrogens is 2. The van der Waals surface area contributed by atoms with Crippen molar-refractivity contribution in [3.05, 3.63) is 69.9 Å². The second kappa shape index (κ2) is 14.7. The number of methoxy groups -OCH3 is 1. The summed E-state index contributed by atoms with van der Waals surface area (Å²) in [5, 5.41) is 0. The molecular weight excluding hydrogens is 557 g/mol. The molecule has 0 saturated heterocycles. The fraction of sp³-hybridized carbons (Fsp3) is 0.576. The smallest absolute Gasteiger partial charge is 0.332 e. The molecule has 0 N–H and O–H groups in total. The zero-order chi connectivity index (χ0) is 29.7. The molecule has 0 unspecified atom stereocenters. The molecule has 0 spiro atoms. The minimum atomic E-state index is -0.686. The van der Waals surface area contributed by atoms with E-state index in [2.05, 4.69) is 25.8 Å². The SMILES string of the molecule is COCC(=O)O[C@]1(CCN(C)CCCCn2c(=O)n(C(C)C)c3ccccc32)CCc2cc(F)ccc2[C@@H]1C(C)C.Cl. The van der Waals surface area contributed by atoms with E-state index in [1.165, 1.54) is 13.2 Å². The van der Waals surface area contributed by atoms with Gasteiger partial charge >= 0.3 is 11.7 Å². The summed E-state index contributed by atoms with van der Waals surface area (Å²) in [6, 6.07) is 13.1.